The predicted molar refractivity (Wildman–Crippen MR) is 72.8 cm³/mol. The highest BCUT2D eigenvalue weighted by molar-refractivity contribution is 5.78. The average Bonchev–Trinajstić information content (AvgIpc) is 2.36. The van der Waals surface area contributed by atoms with Crippen molar-refractivity contribution >= 4 is 5.91 Å². The molecule has 0 aliphatic rings. The van der Waals surface area contributed by atoms with Crippen LogP contribution in [-0.2, 0) is 11.3 Å². The third kappa shape index (κ3) is 4.11. The first-order chi connectivity index (χ1) is 8.56. The van der Waals surface area contributed by atoms with Gasteiger partial charge in [-0.1, -0.05) is 13.0 Å². The zero-order valence-electron chi connectivity index (χ0n) is 11.5. The van der Waals surface area contributed by atoms with Gasteiger partial charge in [0.05, 0.1) is 12.2 Å². The van der Waals surface area contributed by atoms with E-state index in [1.165, 1.54) is 0 Å². The van der Waals surface area contributed by atoms with E-state index in [4.69, 9.17) is 5.73 Å². The smallest absolute Gasteiger partial charge is 0.226 e. The molecule has 1 heterocycles. The Morgan fingerprint density at radius 3 is 2.61 bits per heavy atom. The number of aromatic nitrogens is 1. The minimum absolute atomic E-state index is 0.0267. The van der Waals surface area contributed by atoms with Crippen molar-refractivity contribution in [2.75, 3.05) is 6.54 Å². The second-order valence-corrected chi connectivity index (χ2v) is 4.86. The fourth-order valence-electron chi connectivity index (χ4n) is 1.84. The lowest BCUT2D eigenvalue weighted by molar-refractivity contribution is -0.137. The molecule has 1 aromatic rings. The summed E-state index contributed by atoms with van der Waals surface area (Å²) in [7, 11) is 0. The number of pyridine rings is 1. The molecule has 0 aliphatic heterocycles. The summed E-state index contributed by atoms with van der Waals surface area (Å²) in [5.41, 5.74) is 6.43. The van der Waals surface area contributed by atoms with Gasteiger partial charge in [0.15, 0.2) is 0 Å². The molecule has 18 heavy (non-hydrogen) atoms. The molecule has 0 saturated carbocycles. The Kier molecular flexibility index (Phi) is 5.78. The molecule has 0 fully saturated rings. The van der Waals surface area contributed by atoms with Crippen LogP contribution in [0.25, 0.3) is 0 Å². The molecule has 0 aliphatic carbocycles. The van der Waals surface area contributed by atoms with Crippen molar-refractivity contribution < 1.29 is 4.79 Å². The monoisotopic (exact) mass is 249 g/mol. The van der Waals surface area contributed by atoms with E-state index in [9.17, 15) is 4.79 Å². The zero-order chi connectivity index (χ0) is 13.5. The molecule has 0 bridgehead atoms. The molecule has 1 atom stereocenters. The summed E-state index contributed by atoms with van der Waals surface area (Å²) >= 11 is 0. The summed E-state index contributed by atoms with van der Waals surface area (Å²) in [6.45, 7) is 7.09. The van der Waals surface area contributed by atoms with Crippen LogP contribution in [-0.4, -0.2) is 28.4 Å². The summed E-state index contributed by atoms with van der Waals surface area (Å²) in [5, 5.41) is 0. The van der Waals surface area contributed by atoms with Gasteiger partial charge >= 0.3 is 0 Å². The fourth-order valence-corrected chi connectivity index (χ4v) is 1.84. The van der Waals surface area contributed by atoms with Gasteiger partial charge in [-0.05, 0) is 38.9 Å². The van der Waals surface area contributed by atoms with Crippen LogP contribution in [0.2, 0.25) is 0 Å². The lowest BCUT2D eigenvalue weighted by atomic mass is 10.1. The van der Waals surface area contributed by atoms with Gasteiger partial charge in [-0.15, -0.1) is 0 Å². The first-order valence-electron chi connectivity index (χ1n) is 6.46. The van der Waals surface area contributed by atoms with Crippen LogP contribution >= 0.6 is 0 Å². The molecule has 1 aromatic heterocycles. The Hall–Kier alpha value is -1.42. The number of nitrogens with zero attached hydrogens (tertiary/aromatic N) is 2. The second kappa shape index (κ2) is 7.11. The lowest BCUT2D eigenvalue weighted by Gasteiger charge is -2.29. The molecule has 0 spiro atoms. The summed E-state index contributed by atoms with van der Waals surface area (Å²) in [6.07, 6.45) is 2.48. The van der Waals surface area contributed by atoms with Gasteiger partial charge in [0.2, 0.25) is 5.91 Å². The molecule has 1 rings (SSSR count). The van der Waals surface area contributed by atoms with Gasteiger partial charge in [-0.25, -0.2) is 0 Å². The van der Waals surface area contributed by atoms with Crippen molar-refractivity contribution in [2.24, 2.45) is 11.7 Å². The third-order valence-electron chi connectivity index (χ3n) is 2.99. The molecule has 0 saturated heterocycles. The normalized spacial score (nSPS) is 12.5. The van der Waals surface area contributed by atoms with E-state index < -0.39 is 0 Å². The Bertz CT molecular complexity index is 365. The van der Waals surface area contributed by atoms with E-state index in [-0.39, 0.29) is 17.9 Å². The van der Waals surface area contributed by atoms with E-state index >= 15 is 0 Å². The first kappa shape index (κ1) is 14.6. The number of hydrogen-bond acceptors (Lipinski definition) is 3. The Morgan fingerprint density at radius 1 is 1.39 bits per heavy atom. The van der Waals surface area contributed by atoms with Gasteiger partial charge in [0.25, 0.3) is 0 Å². The van der Waals surface area contributed by atoms with Gasteiger partial charge in [0.1, 0.15) is 0 Å². The highest BCUT2D eigenvalue weighted by Gasteiger charge is 2.22. The molecule has 1 unspecified atom stereocenters. The second-order valence-electron chi connectivity index (χ2n) is 4.86. The van der Waals surface area contributed by atoms with Gasteiger partial charge < -0.3 is 10.6 Å². The third-order valence-corrected chi connectivity index (χ3v) is 2.99. The predicted octanol–water partition coefficient (Wildman–Crippen LogP) is 1.80. The molecule has 0 radical (unpaired) electrons. The van der Waals surface area contributed by atoms with E-state index in [1.807, 2.05) is 43.9 Å². The Balaban J connectivity index is 2.74. The van der Waals surface area contributed by atoms with Crippen molar-refractivity contribution in [3.63, 3.8) is 0 Å². The summed E-state index contributed by atoms with van der Waals surface area (Å²) < 4.78 is 0. The number of rotatable bonds is 6. The van der Waals surface area contributed by atoms with Gasteiger partial charge in [-0.3, -0.25) is 9.78 Å². The summed E-state index contributed by atoms with van der Waals surface area (Å²) in [4.78, 5) is 18.5. The molecule has 2 N–H and O–H groups in total. The zero-order valence-corrected chi connectivity index (χ0v) is 11.5. The number of hydrogen-bond donors (Lipinski definition) is 1. The molecule has 1 amide bonds. The Labute approximate surface area is 109 Å². The molecule has 4 heteroatoms. The molecule has 0 aromatic carbocycles. The van der Waals surface area contributed by atoms with E-state index in [1.54, 1.807) is 6.20 Å². The molecular weight excluding hydrogens is 226 g/mol. The minimum atomic E-state index is -0.0267. The van der Waals surface area contributed by atoms with Crippen LogP contribution < -0.4 is 5.73 Å². The SMILES string of the molecule is CC(CCN)C(=O)N(Cc1ccccn1)C(C)C. The number of amides is 1. The van der Waals surface area contributed by atoms with Gasteiger partial charge in [-0.2, -0.15) is 0 Å². The van der Waals surface area contributed by atoms with Gasteiger partial charge in [0, 0.05) is 18.2 Å². The standard InChI is InChI=1S/C14H23N3O/c1-11(2)17(14(18)12(3)7-8-15)10-13-6-4-5-9-16-13/h4-6,9,11-12H,7-8,10,15H2,1-3H3. The van der Waals surface area contributed by atoms with Crippen LogP contribution in [0, 0.1) is 5.92 Å². The van der Waals surface area contributed by atoms with Crippen molar-refractivity contribution in [1.82, 2.24) is 9.88 Å². The number of carbonyl (C=O) groups is 1. The Morgan fingerprint density at radius 2 is 2.11 bits per heavy atom. The van der Waals surface area contributed by atoms with Crippen molar-refractivity contribution in [2.45, 2.75) is 39.8 Å². The van der Waals surface area contributed by atoms with Crippen LogP contribution in [0.4, 0.5) is 0 Å². The van der Waals surface area contributed by atoms with Crippen LogP contribution in [0.3, 0.4) is 0 Å². The largest absolute Gasteiger partial charge is 0.334 e. The quantitative estimate of drug-likeness (QED) is 0.836. The molecule has 4 nitrogen and oxygen atoms in total. The van der Waals surface area contributed by atoms with Crippen molar-refractivity contribution in [3.05, 3.63) is 30.1 Å². The van der Waals surface area contributed by atoms with Crippen LogP contribution in [0.1, 0.15) is 32.9 Å². The highest BCUT2D eigenvalue weighted by Crippen LogP contribution is 2.13. The topological polar surface area (TPSA) is 59.2 Å². The van der Waals surface area contributed by atoms with Crippen molar-refractivity contribution in [1.29, 1.82) is 0 Å². The van der Waals surface area contributed by atoms with Crippen LogP contribution in [0.15, 0.2) is 24.4 Å². The maximum absolute atomic E-state index is 12.3. The summed E-state index contributed by atoms with van der Waals surface area (Å²) in [6, 6.07) is 5.92. The average molecular weight is 249 g/mol. The fraction of sp³-hybridized carbons (Fsp3) is 0.571. The molecular formula is C14H23N3O. The lowest BCUT2D eigenvalue weighted by Crippen LogP contribution is -2.40. The van der Waals surface area contributed by atoms with Crippen molar-refractivity contribution in [3.8, 4) is 0 Å². The number of carbonyl (C=O) groups excluding carboxylic acids is 1. The van der Waals surface area contributed by atoms with E-state index in [2.05, 4.69) is 4.98 Å². The highest BCUT2D eigenvalue weighted by atomic mass is 16.2. The maximum Gasteiger partial charge on any atom is 0.226 e. The molecule has 100 valence electrons. The summed E-state index contributed by atoms with van der Waals surface area (Å²) in [5.74, 6) is 0.127. The first-order valence-corrected chi connectivity index (χ1v) is 6.46. The minimum Gasteiger partial charge on any atom is -0.334 e. The maximum atomic E-state index is 12.3. The van der Waals surface area contributed by atoms with Crippen LogP contribution in [0.5, 0.6) is 0 Å². The number of nitrogens with two attached hydrogens (primary N) is 1. The van der Waals surface area contributed by atoms with E-state index in [0.29, 0.717) is 13.1 Å². The van der Waals surface area contributed by atoms with E-state index in [0.717, 1.165) is 12.1 Å².